The zero-order valence-corrected chi connectivity index (χ0v) is 32.8. The van der Waals surface area contributed by atoms with Crippen molar-refractivity contribution >= 4 is 11.8 Å². The fraction of sp³-hybridized carbons (Fsp3) is 1.00. The van der Waals surface area contributed by atoms with Gasteiger partial charge in [0.1, 0.15) is 6.79 Å². The van der Waals surface area contributed by atoms with Gasteiger partial charge < -0.3 is 18.9 Å². The van der Waals surface area contributed by atoms with Crippen LogP contribution in [-0.4, -0.2) is 62.6 Å². The summed E-state index contributed by atoms with van der Waals surface area (Å²) in [7, 11) is 1.74. The molecule has 1 spiro atoms. The molecule has 0 amide bonds. The average Bonchev–Trinajstić information content (AvgIpc) is 3.68. The molecule has 0 bridgehead atoms. The van der Waals surface area contributed by atoms with Gasteiger partial charge in [-0.2, -0.15) is 33.7 Å². The fourth-order valence-corrected chi connectivity index (χ4v) is 12.6. The predicted octanol–water partition coefficient (Wildman–Crippen LogP) is 12.4. The molecular weight excluding hydrogens is 684 g/mol. The molecule has 5 fully saturated rings. The predicted molar refractivity (Wildman–Crippen MR) is 195 cm³/mol. The lowest BCUT2D eigenvalue weighted by atomic mass is 9.42. The quantitative estimate of drug-likeness (QED) is 0.0663. The van der Waals surface area contributed by atoms with Gasteiger partial charge in [0, 0.05) is 26.4 Å². The van der Waals surface area contributed by atoms with Crippen LogP contribution in [0.4, 0.5) is 22.0 Å². The van der Waals surface area contributed by atoms with Crippen LogP contribution in [0.2, 0.25) is 0 Å². The first-order valence-corrected chi connectivity index (χ1v) is 21.9. The van der Waals surface area contributed by atoms with Gasteiger partial charge in [-0.3, -0.25) is 0 Å². The van der Waals surface area contributed by atoms with E-state index in [9.17, 15) is 22.0 Å². The van der Waals surface area contributed by atoms with Crippen molar-refractivity contribution in [2.24, 2.45) is 40.4 Å². The smallest absolute Gasteiger partial charge is 0.359 e. The molecule has 5 rings (SSSR count). The number of halogens is 5. The van der Waals surface area contributed by atoms with Gasteiger partial charge in [0.15, 0.2) is 5.79 Å². The lowest BCUT2D eigenvalue weighted by Crippen LogP contribution is -2.59. The molecule has 4 aliphatic carbocycles. The van der Waals surface area contributed by atoms with E-state index in [2.05, 4.69) is 13.8 Å². The van der Waals surface area contributed by atoms with E-state index in [1.807, 2.05) is 0 Å². The van der Waals surface area contributed by atoms with Crippen LogP contribution in [0.1, 0.15) is 155 Å². The summed E-state index contributed by atoms with van der Waals surface area (Å²) in [4.78, 5) is 0. The highest BCUT2D eigenvalue weighted by molar-refractivity contribution is 7.99. The molecule has 0 aromatic carbocycles. The Morgan fingerprint density at radius 2 is 1.31 bits per heavy atom. The molecule has 1 heterocycles. The summed E-state index contributed by atoms with van der Waals surface area (Å²) in [6, 6.07) is 0. The van der Waals surface area contributed by atoms with Gasteiger partial charge in [0.2, 0.25) is 0 Å². The maximum Gasteiger partial charge on any atom is 0.453 e. The van der Waals surface area contributed by atoms with Gasteiger partial charge in [-0.15, -0.1) is 0 Å². The minimum Gasteiger partial charge on any atom is -0.359 e. The third kappa shape index (κ3) is 10.2. The standard InChI is InChI=1S/C41H69F5O4S/c1-37-22-23-39(49-24-25-50-39)29-32(37)28-31(36-33-17-18-35(48-30-47-3)38(33,2)21-19-34(36)37)16-13-11-9-7-5-4-6-8-10-12-14-26-51-27-15-20-40(42,43)41(44,45)46/h31-36H,4-30H2,1-3H3/t31-,32?,33+,34+,35+,36+,37+,38+/m1/s1. The highest BCUT2D eigenvalue weighted by Crippen LogP contribution is 2.69. The second-order valence-electron chi connectivity index (χ2n) is 17.6. The van der Waals surface area contributed by atoms with Crippen molar-refractivity contribution in [2.45, 2.75) is 179 Å². The van der Waals surface area contributed by atoms with Crippen LogP contribution in [0.25, 0.3) is 0 Å². The number of hydrogen-bond donors (Lipinski definition) is 0. The van der Waals surface area contributed by atoms with Gasteiger partial charge in [0.25, 0.3) is 0 Å². The molecule has 8 atom stereocenters. The van der Waals surface area contributed by atoms with Crippen LogP contribution < -0.4 is 0 Å². The minimum atomic E-state index is -5.43. The first-order chi connectivity index (χ1) is 24.4. The summed E-state index contributed by atoms with van der Waals surface area (Å²) in [5.41, 5.74) is 0.650. The average molecular weight is 753 g/mol. The second kappa shape index (κ2) is 18.7. The Labute approximate surface area is 310 Å². The Hall–Kier alpha value is -0.160. The van der Waals surface area contributed by atoms with Gasteiger partial charge in [-0.1, -0.05) is 84.5 Å². The fourth-order valence-electron chi connectivity index (χ4n) is 11.6. The number of alkyl halides is 5. The maximum atomic E-state index is 13.0. The Kier molecular flexibility index (Phi) is 15.4. The molecule has 51 heavy (non-hydrogen) atoms. The van der Waals surface area contributed by atoms with E-state index in [0.717, 1.165) is 68.3 Å². The van der Waals surface area contributed by atoms with Crippen molar-refractivity contribution in [3.63, 3.8) is 0 Å². The zero-order chi connectivity index (χ0) is 36.6. The molecule has 4 nitrogen and oxygen atoms in total. The Balaban J connectivity index is 0.980. The highest BCUT2D eigenvalue weighted by atomic mass is 32.2. The third-order valence-electron chi connectivity index (χ3n) is 14.5. The topological polar surface area (TPSA) is 36.9 Å². The lowest BCUT2D eigenvalue weighted by molar-refractivity contribution is -0.284. The van der Waals surface area contributed by atoms with E-state index in [1.165, 1.54) is 114 Å². The Bertz CT molecular complexity index is 1040. The van der Waals surface area contributed by atoms with E-state index in [4.69, 9.17) is 18.9 Å². The number of methoxy groups -OCH3 is 1. The Morgan fingerprint density at radius 3 is 1.96 bits per heavy atom. The van der Waals surface area contributed by atoms with E-state index < -0.39 is 18.5 Å². The normalized spacial score (nSPS) is 34.8. The van der Waals surface area contributed by atoms with Crippen LogP contribution in [0.5, 0.6) is 0 Å². The number of hydrogen-bond acceptors (Lipinski definition) is 5. The molecular formula is C41H69F5O4S. The van der Waals surface area contributed by atoms with E-state index >= 15 is 0 Å². The van der Waals surface area contributed by atoms with E-state index in [1.54, 1.807) is 7.11 Å². The van der Waals surface area contributed by atoms with Gasteiger partial charge in [0.05, 0.1) is 19.3 Å². The van der Waals surface area contributed by atoms with Crippen molar-refractivity contribution in [2.75, 3.05) is 38.6 Å². The van der Waals surface area contributed by atoms with Gasteiger partial charge in [-0.05, 0) is 103 Å². The monoisotopic (exact) mass is 752 g/mol. The van der Waals surface area contributed by atoms with E-state index in [-0.39, 0.29) is 17.6 Å². The summed E-state index contributed by atoms with van der Waals surface area (Å²) in [5, 5.41) is 0. The second-order valence-corrected chi connectivity index (χ2v) is 18.8. The van der Waals surface area contributed by atoms with Crippen LogP contribution in [0.3, 0.4) is 0 Å². The summed E-state index contributed by atoms with van der Waals surface area (Å²) in [5.74, 6) is 0.153. The van der Waals surface area contributed by atoms with Crippen molar-refractivity contribution in [1.82, 2.24) is 0 Å². The molecule has 298 valence electrons. The number of ether oxygens (including phenoxy) is 4. The molecule has 1 unspecified atom stereocenters. The van der Waals surface area contributed by atoms with Crippen molar-refractivity contribution in [3.8, 4) is 0 Å². The molecule has 1 saturated heterocycles. The van der Waals surface area contributed by atoms with Crippen LogP contribution in [0.15, 0.2) is 0 Å². The molecule has 0 aromatic heterocycles. The van der Waals surface area contributed by atoms with E-state index in [0.29, 0.717) is 30.0 Å². The molecule has 0 N–H and O–H groups in total. The summed E-state index contributed by atoms with van der Waals surface area (Å²) in [6.07, 6.45) is 18.5. The Morgan fingerprint density at radius 1 is 0.706 bits per heavy atom. The molecule has 5 aliphatic rings. The van der Waals surface area contributed by atoms with Crippen molar-refractivity contribution < 1.29 is 40.9 Å². The molecule has 4 saturated carbocycles. The number of unbranched alkanes of at least 4 members (excludes halogenated alkanes) is 10. The van der Waals surface area contributed by atoms with Crippen LogP contribution >= 0.6 is 11.8 Å². The summed E-state index contributed by atoms with van der Waals surface area (Å²) < 4.78 is 86.9. The molecule has 0 aromatic rings. The van der Waals surface area contributed by atoms with Gasteiger partial charge in [-0.25, -0.2) is 0 Å². The van der Waals surface area contributed by atoms with Crippen molar-refractivity contribution in [3.05, 3.63) is 0 Å². The number of thioether (sulfide) groups is 1. The minimum absolute atomic E-state index is 0.100. The number of fused-ring (bicyclic) bond motifs is 5. The maximum absolute atomic E-state index is 13.0. The van der Waals surface area contributed by atoms with Crippen LogP contribution in [0, 0.1) is 40.4 Å². The molecule has 0 radical (unpaired) electrons. The molecule has 1 aliphatic heterocycles. The first kappa shape index (κ1) is 42.0. The summed E-state index contributed by atoms with van der Waals surface area (Å²) in [6.45, 7) is 7.09. The lowest BCUT2D eigenvalue weighted by Gasteiger charge is -2.64. The first-order valence-electron chi connectivity index (χ1n) is 20.8. The third-order valence-corrected chi connectivity index (χ3v) is 15.7. The number of rotatable bonds is 21. The SMILES string of the molecule is COCO[C@H]1CC[C@H]2[C@@H]3[C@H](CCCCCCCCCCCCCSCCCC(F)(F)C(F)(F)F)CC4CC5(CC[C@]4(C)[C@H]3CC[C@]12C)OCCO5. The largest absolute Gasteiger partial charge is 0.453 e. The zero-order valence-electron chi connectivity index (χ0n) is 32.0. The van der Waals surface area contributed by atoms with Crippen LogP contribution in [-0.2, 0) is 18.9 Å². The molecule has 10 heteroatoms. The highest BCUT2D eigenvalue weighted by Gasteiger charge is 2.64. The summed E-state index contributed by atoms with van der Waals surface area (Å²) >= 11 is 1.49. The van der Waals surface area contributed by atoms with Crippen molar-refractivity contribution in [1.29, 1.82) is 0 Å². The van der Waals surface area contributed by atoms with Gasteiger partial charge >= 0.3 is 12.1 Å².